The topological polar surface area (TPSA) is 78.9 Å². The second-order valence-electron chi connectivity index (χ2n) is 4.84. The fraction of sp³-hybridized carbons (Fsp3) is 0.429. The largest absolute Gasteiger partial charge is 0.497 e. The number of hydrogen-bond donors (Lipinski definition) is 2. The van der Waals surface area contributed by atoms with Crippen molar-refractivity contribution in [3.05, 3.63) is 23.8 Å². The molecule has 1 aromatic rings. The molecule has 20 heavy (non-hydrogen) atoms. The van der Waals surface area contributed by atoms with Crippen molar-refractivity contribution in [3.8, 4) is 5.75 Å². The maximum absolute atomic E-state index is 12.1. The fourth-order valence-electron chi connectivity index (χ4n) is 2.08. The summed E-state index contributed by atoms with van der Waals surface area (Å²) in [6, 6.07) is 4.42. The number of carbonyl (C=O) groups excluding carboxylic acids is 1. The van der Waals surface area contributed by atoms with Crippen LogP contribution in [0.5, 0.6) is 5.75 Å². The summed E-state index contributed by atoms with van der Waals surface area (Å²) >= 11 is 0. The minimum atomic E-state index is -1.09. The van der Waals surface area contributed by atoms with Crippen molar-refractivity contribution in [1.82, 2.24) is 4.90 Å². The molecule has 0 atom stereocenters. The summed E-state index contributed by atoms with van der Waals surface area (Å²) in [4.78, 5) is 24.9. The summed E-state index contributed by atoms with van der Waals surface area (Å²) in [6.07, 6.45) is 3.11. The third-order valence-electron chi connectivity index (χ3n) is 3.64. The monoisotopic (exact) mass is 278 g/mol. The number of carboxylic acid groups (broad SMARTS) is 1. The minimum Gasteiger partial charge on any atom is -0.497 e. The highest BCUT2D eigenvalue weighted by Gasteiger charge is 2.26. The Bertz CT molecular complexity index is 526. The molecule has 2 N–H and O–H groups in total. The maximum atomic E-state index is 12.1. The van der Waals surface area contributed by atoms with E-state index in [4.69, 9.17) is 9.84 Å². The van der Waals surface area contributed by atoms with Crippen molar-refractivity contribution in [2.75, 3.05) is 19.5 Å². The van der Waals surface area contributed by atoms with Crippen molar-refractivity contribution in [3.63, 3.8) is 0 Å². The van der Waals surface area contributed by atoms with Crippen molar-refractivity contribution in [1.29, 1.82) is 0 Å². The lowest BCUT2D eigenvalue weighted by Gasteiger charge is -2.34. The number of anilines is 1. The Labute approximate surface area is 117 Å². The number of nitrogens with one attached hydrogen (secondary N) is 1. The van der Waals surface area contributed by atoms with E-state index in [0.717, 1.165) is 19.3 Å². The van der Waals surface area contributed by atoms with E-state index in [1.165, 1.54) is 19.2 Å². The Morgan fingerprint density at radius 3 is 2.60 bits per heavy atom. The van der Waals surface area contributed by atoms with Gasteiger partial charge in [-0.1, -0.05) is 0 Å². The van der Waals surface area contributed by atoms with E-state index in [9.17, 15) is 9.59 Å². The number of urea groups is 1. The SMILES string of the molecule is COc1ccc(C(=O)O)c(NC(=O)N(C)C2CCC2)c1. The summed E-state index contributed by atoms with van der Waals surface area (Å²) in [6.45, 7) is 0. The van der Waals surface area contributed by atoms with Crippen LogP contribution in [-0.2, 0) is 0 Å². The van der Waals surface area contributed by atoms with Crippen LogP contribution in [0.25, 0.3) is 0 Å². The normalized spacial score (nSPS) is 14.3. The third kappa shape index (κ3) is 2.84. The first-order valence-electron chi connectivity index (χ1n) is 6.48. The van der Waals surface area contributed by atoms with E-state index < -0.39 is 5.97 Å². The molecule has 6 nitrogen and oxygen atoms in total. The number of rotatable bonds is 4. The van der Waals surface area contributed by atoms with Gasteiger partial charge in [-0.15, -0.1) is 0 Å². The minimum absolute atomic E-state index is 0.0427. The molecular formula is C14H18N2O4. The van der Waals surface area contributed by atoms with Crippen LogP contribution < -0.4 is 10.1 Å². The average Bonchev–Trinajstić information content (AvgIpc) is 2.36. The first kappa shape index (κ1) is 14.2. The molecule has 0 spiro atoms. The fourth-order valence-corrected chi connectivity index (χ4v) is 2.08. The van der Waals surface area contributed by atoms with Gasteiger partial charge in [0.15, 0.2) is 0 Å². The van der Waals surface area contributed by atoms with Crippen molar-refractivity contribution in [2.45, 2.75) is 25.3 Å². The molecule has 0 heterocycles. The van der Waals surface area contributed by atoms with Gasteiger partial charge in [0, 0.05) is 19.2 Å². The van der Waals surface area contributed by atoms with Gasteiger partial charge in [0.2, 0.25) is 0 Å². The zero-order chi connectivity index (χ0) is 14.7. The van der Waals surface area contributed by atoms with E-state index in [1.807, 2.05) is 0 Å². The molecule has 0 bridgehead atoms. The molecule has 0 saturated heterocycles. The van der Waals surface area contributed by atoms with Crippen LogP contribution in [0, 0.1) is 0 Å². The molecule has 108 valence electrons. The van der Waals surface area contributed by atoms with Crippen molar-refractivity contribution in [2.24, 2.45) is 0 Å². The third-order valence-corrected chi connectivity index (χ3v) is 3.64. The second-order valence-corrected chi connectivity index (χ2v) is 4.84. The smallest absolute Gasteiger partial charge is 0.337 e. The van der Waals surface area contributed by atoms with Gasteiger partial charge in [0.05, 0.1) is 18.4 Å². The average molecular weight is 278 g/mol. The Kier molecular flexibility index (Phi) is 4.12. The van der Waals surface area contributed by atoms with E-state index >= 15 is 0 Å². The molecular weight excluding hydrogens is 260 g/mol. The van der Waals surface area contributed by atoms with Crippen molar-refractivity contribution < 1.29 is 19.4 Å². The summed E-state index contributed by atoms with van der Waals surface area (Å²) in [5.41, 5.74) is 0.286. The Morgan fingerprint density at radius 2 is 2.10 bits per heavy atom. The molecule has 1 aromatic carbocycles. The van der Waals surface area contributed by atoms with Crippen LogP contribution in [-0.4, -0.2) is 42.2 Å². The predicted octanol–water partition coefficient (Wildman–Crippen LogP) is 2.41. The number of benzene rings is 1. The molecule has 0 aromatic heterocycles. The van der Waals surface area contributed by atoms with Gasteiger partial charge in [-0.3, -0.25) is 0 Å². The molecule has 1 aliphatic carbocycles. The van der Waals surface area contributed by atoms with Crippen LogP contribution in [0.4, 0.5) is 10.5 Å². The van der Waals surface area contributed by atoms with Crippen LogP contribution in [0.15, 0.2) is 18.2 Å². The molecule has 0 aliphatic heterocycles. The zero-order valence-corrected chi connectivity index (χ0v) is 11.5. The van der Waals surface area contributed by atoms with Crippen LogP contribution in [0.1, 0.15) is 29.6 Å². The number of aromatic carboxylic acids is 1. The van der Waals surface area contributed by atoms with Gasteiger partial charge in [0.1, 0.15) is 5.75 Å². The highest BCUT2D eigenvalue weighted by atomic mass is 16.5. The van der Waals surface area contributed by atoms with Gasteiger partial charge in [-0.2, -0.15) is 0 Å². The first-order valence-corrected chi connectivity index (χ1v) is 6.48. The lowest BCUT2D eigenvalue weighted by atomic mass is 9.92. The van der Waals surface area contributed by atoms with Gasteiger partial charge >= 0.3 is 12.0 Å². The number of hydrogen-bond acceptors (Lipinski definition) is 3. The number of nitrogens with zero attached hydrogens (tertiary/aromatic N) is 1. The summed E-state index contributed by atoms with van der Waals surface area (Å²) in [5, 5.41) is 11.8. The predicted molar refractivity (Wildman–Crippen MR) is 74.4 cm³/mol. The van der Waals surface area contributed by atoms with Gasteiger partial charge < -0.3 is 20.1 Å². The number of carboxylic acids is 1. The highest BCUT2D eigenvalue weighted by Crippen LogP contribution is 2.26. The molecule has 0 unspecified atom stereocenters. The van der Waals surface area contributed by atoms with E-state index in [0.29, 0.717) is 5.75 Å². The van der Waals surface area contributed by atoms with Gasteiger partial charge in [-0.25, -0.2) is 9.59 Å². The van der Waals surface area contributed by atoms with Gasteiger partial charge in [0.25, 0.3) is 0 Å². The molecule has 1 saturated carbocycles. The molecule has 2 amide bonds. The second kappa shape index (κ2) is 5.81. The Morgan fingerprint density at radius 1 is 1.40 bits per heavy atom. The standard InChI is InChI=1S/C14H18N2O4/c1-16(9-4-3-5-9)14(19)15-12-8-10(20-2)6-7-11(12)13(17)18/h6-9H,3-5H2,1-2H3,(H,15,19)(H,17,18). The molecule has 0 radical (unpaired) electrons. The Hall–Kier alpha value is -2.24. The number of carbonyl (C=O) groups is 2. The van der Waals surface area contributed by atoms with E-state index in [2.05, 4.69) is 5.32 Å². The van der Waals surface area contributed by atoms with Crippen LogP contribution >= 0.6 is 0 Å². The molecule has 6 heteroatoms. The summed E-state index contributed by atoms with van der Waals surface area (Å²) in [7, 11) is 3.21. The first-order chi connectivity index (χ1) is 9.52. The summed E-state index contributed by atoms with van der Waals surface area (Å²) < 4.78 is 5.05. The summed E-state index contributed by atoms with van der Waals surface area (Å²) in [5.74, 6) is -0.592. The maximum Gasteiger partial charge on any atom is 0.337 e. The van der Waals surface area contributed by atoms with E-state index in [1.54, 1.807) is 18.0 Å². The van der Waals surface area contributed by atoms with Crippen LogP contribution in [0.2, 0.25) is 0 Å². The van der Waals surface area contributed by atoms with Crippen molar-refractivity contribution >= 4 is 17.7 Å². The molecule has 2 rings (SSSR count). The number of methoxy groups -OCH3 is 1. The number of amides is 2. The number of ether oxygens (including phenoxy) is 1. The Balaban J connectivity index is 2.17. The zero-order valence-electron chi connectivity index (χ0n) is 11.5. The molecule has 1 fully saturated rings. The molecule has 1 aliphatic rings. The highest BCUT2D eigenvalue weighted by molar-refractivity contribution is 6.00. The lowest BCUT2D eigenvalue weighted by molar-refractivity contribution is 0.0698. The quantitative estimate of drug-likeness (QED) is 0.886. The van der Waals surface area contributed by atoms with E-state index in [-0.39, 0.29) is 23.3 Å². The van der Waals surface area contributed by atoms with Gasteiger partial charge in [-0.05, 0) is 31.4 Å². The lowest BCUT2D eigenvalue weighted by Crippen LogP contribution is -2.43. The van der Waals surface area contributed by atoms with Crippen LogP contribution in [0.3, 0.4) is 0 Å².